The molecule has 2 heterocycles. The molecular formula is C26H28ClFN4O2. The highest BCUT2D eigenvalue weighted by atomic mass is 35.5. The van der Waals surface area contributed by atoms with E-state index in [0.717, 1.165) is 37.9 Å². The Balaban J connectivity index is 1.70. The van der Waals surface area contributed by atoms with Crippen molar-refractivity contribution in [2.24, 2.45) is 0 Å². The Bertz CT molecular complexity index is 1190. The van der Waals surface area contributed by atoms with Crippen LogP contribution in [0.25, 0.3) is 0 Å². The van der Waals surface area contributed by atoms with E-state index in [1.807, 2.05) is 11.5 Å². The fourth-order valence-electron chi connectivity index (χ4n) is 4.19. The van der Waals surface area contributed by atoms with Crippen molar-refractivity contribution in [1.82, 2.24) is 14.9 Å². The van der Waals surface area contributed by atoms with Crippen LogP contribution >= 0.6 is 11.6 Å². The van der Waals surface area contributed by atoms with Gasteiger partial charge >= 0.3 is 0 Å². The number of amides is 2. The normalized spacial score (nSPS) is 12.8. The molecule has 0 saturated carbocycles. The maximum Gasteiger partial charge on any atom is 0.272 e. The van der Waals surface area contributed by atoms with E-state index in [0.29, 0.717) is 40.8 Å². The zero-order valence-electron chi connectivity index (χ0n) is 19.2. The molecule has 0 atom stereocenters. The van der Waals surface area contributed by atoms with Crippen molar-refractivity contribution in [3.05, 3.63) is 82.0 Å². The van der Waals surface area contributed by atoms with Crippen LogP contribution < -0.4 is 10.2 Å². The zero-order chi connectivity index (χ0) is 24.1. The largest absolute Gasteiger partial charge is 0.347 e. The second-order valence-corrected chi connectivity index (χ2v) is 8.88. The Kier molecular flexibility index (Phi) is 7.63. The van der Waals surface area contributed by atoms with E-state index in [2.05, 4.69) is 5.32 Å². The molecule has 0 spiro atoms. The lowest BCUT2D eigenvalue weighted by molar-refractivity contribution is 0.0940. The summed E-state index contributed by atoms with van der Waals surface area (Å²) in [7, 11) is 0. The van der Waals surface area contributed by atoms with Gasteiger partial charge in [-0.25, -0.2) is 9.37 Å². The first-order chi connectivity index (χ1) is 16.5. The molecule has 2 amide bonds. The number of carbonyl (C=O) groups excluding carboxylic acids is 2. The van der Waals surface area contributed by atoms with E-state index in [1.165, 1.54) is 12.1 Å². The van der Waals surface area contributed by atoms with Gasteiger partial charge in [-0.05, 0) is 55.2 Å². The minimum Gasteiger partial charge on any atom is -0.347 e. The summed E-state index contributed by atoms with van der Waals surface area (Å²) in [6.07, 6.45) is 4.31. The van der Waals surface area contributed by atoms with Crippen LogP contribution in [0.15, 0.2) is 48.5 Å². The average Bonchev–Trinajstić information content (AvgIpc) is 3.22. The third-order valence-electron chi connectivity index (χ3n) is 5.93. The number of hydrogen-bond acceptors (Lipinski definition) is 3. The molecule has 0 aliphatic carbocycles. The quantitative estimate of drug-likeness (QED) is 0.468. The van der Waals surface area contributed by atoms with E-state index in [1.54, 1.807) is 41.3 Å². The molecule has 0 radical (unpaired) electrons. The van der Waals surface area contributed by atoms with Gasteiger partial charge in [0.1, 0.15) is 11.6 Å². The van der Waals surface area contributed by atoms with Gasteiger partial charge in [-0.2, -0.15) is 0 Å². The molecule has 1 aliphatic rings. The summed E-state index contributed by atoms with van der Waals surface area (Å²) in [6.45, 7) is 3.32. The zero-order valence-corrected chi connectivity index (χ0v) is 19.9. The predicted octanol–water partition coefficient (Wildman–Crippen LogP) is 5.39. The lowest BCUT2D eigenvalue weighted by atomic mass is 10.1. The summed E-state index contributed by atoms with van der Waals surface area (Å²) < 4.78 is 15.5. The topological polar surface area (TPSA) is 67.2 Å². The molecule has 3 aromatic rings. The Morgan fingerprint density at radius 2 is 2.00 bits per heavy atom. The lowest BCUT2D eigenvalue weighted by Gasteiger charge is -2.22. The molecule has 34 heavy (non-hydrogen) atoms. The Morgan fingerprint density at radius 1 is 1.18 bits per heavy atom. The van der Waals surface area contributed by atoms with Crippen LogP contribution in [0.1, 0.15) is 64.8 Å². The smallest absolute Gasteiger partial charge is 0.272 e. The number of anilines is 1. The van der Waals surface area contributed by atoms with Crippen LogP contribution in [-0.4, -0.2) is 27.9 Å². The number of nitrogens with one attached hydrogen (secondary N) is 1. The number of carbonyl (C=O) groups is 2. The Labute approximate surface area is 203 Å². The molecule has 0 bridgehead atoms. The van der Waals surface area contributed by atoms with Gasteiger partial charge in [0.05, 0.1) is 0 Å². The van der Waals surface area contributed by atoms with Gasteiger partial charge < -0.3 is 9.88 Å². The highest BCUT2D eigenvalue weighted by Gasteiger charge is 2.31. The van der Waals surface area contributed by atoms with Gasteiger partial charge in [-0.3, -0.25) is 14.5 Å². The summed E-state index contributed by atoms with van der Waals surface area (Å²) >= 11 is 6.14. The van der Waals surface area contributed by atoms with Gasteiger partial charge in [0, 0.05) is 36.6 Å². The predicted molar refractivity (Wildman–Crippen MR) is 131 cm³/mol. The van der Waals surface area contributed by atoms with Gasteiger partial charge in [0.25, 0.3) is 11.8 Å². The summed E-state index contributed by atoms with van der Waals surface area (Å²) in [4.78, 5) is 33.3. The van der Waals surface area contributed by atoms with Crippen LogP contribution in [0.3, 0.4) is 0 Å². The van der Waals surface area contributed by atoms with Gasteiger partial charge in [0.15, 0.2) is 11.5 Å². The average molecular weight is 483 g/mol. The molecule has 8 heteroatoms. The van der Waals surface area contributed by atoms with Crippen LogP contribution in [0.5, 0.6) is 0 Å². The SMILES string of the molecule is CCCCN(C(=O)c1cccc(Cl)c1)c1nc2n(c1C(=O)NCc1cccc(F)c1)CCCC2. The number of unbranched alkanes of at least 4 members (excludes halogenated alkanes) is 1. The van der Waals surface area contributed by atoms with E-state index < -0.39 is 0 Å². The van der Waals surface area contributed by atoms with Crippen molar-refractivity contribution in [3.8, 4) is 0 Å². The van der Waals surface area contributed by atoms with E-state index in [4.69, 9.17) is 16.6 Å². The molecule has 178 valence electrons. The summed E-state index contributed by atoms with van der Waals surface area (Å²) in [5.74, 6) is 0.238. The molecule has 4 rings (SSSR count). The van der Waals surface area contributed by atoms with Gasteiger partial charge in [-0.15, -0.1) is 0 Å². The Morgan fingerprint density at radius 3 is 2.76 bits per heavy atom. The van der Waals surface area contributed by atoms with Gasteiger partial charge in [0.2, 0.25) is 0 Å². The maximum absolute atomic E-state index is 13.6. The number of benzene rings is 2. The van der Waals surface area contributed by atoms with Crippen LogP contribution in [-0.2, 0) is 19.5 Å². The van der Waals surface area contributed by atoms with Crippen molar-refractivity contribution in [3.63, 3.8) is 0 Å². The third-order valence-corrected chi connectivity index (χ3v) is 6.16. The molecule has 2 aromatic carbocycles. The number of fused-ring (bicyclic) bond motifs is 1. The molecular weight excluding hydrogens is 455 g/mol. The number of hydrogen-bond donors (Lipinski definition) is 1. The number of rotatable bonds is 8. The maximum atomic E-state index is 13.6. The number of imidazole rings is 1. The second kappa shape index (κ2) is 10.8. The van der Waals surface area contributed by atoms with Crippen molar-refractivity contribution >= 4 is 29.2 Å². The third kappa shape index (κ3) is 5.30. The summed E-state index contributed by atoms with van der Waals surface area (Å²) in [6, 6.07) is 12.9. The first-order valence-corrected chi connectivity index (χ1v) is 12.0. The summed E-state index contributed by atoms with van der Waals surface area (Å²) in [5.41, 5.74) is 1.48. The molecule has 1 aliphatic heterocycles. The van der Waals surface area contributed by atoms with E-state index >= 15 is 0 Å². The lowest BCUT2D eigenvalue weighted by Crippen LogP contribution is -2.35. The molecule has 1 N–H and O–H groups in total. The highest BCUT2D eigenvalue weighted by Crippen LogP contribution is 2.28. The van der Waals surface area contributed by atoms with E-state index in [9.17, 15) is 14.0 Å². The van der Waals surface area contributed by atoms with Gasteiger partial charge in [-0.1, -0.05) is 43.1 Å². The van der Waals surface area contributed by atoms with Crippen LogP contribution in [0.4, 0.5) is 10.2 Å². The second-order valence-electron chi connectivity index (χ2n) is 8.44. The van der Waals surface area contributed by atoms with Crippen molar-refractivity contribution in [2.75, 3.05) is 11.4 Å². The fourth-order valence-corrected chi connectivity index (χ4v) is 4.38. The summed E-state index contributed by atoms with van der Waals surface area (Å²) in [5, 5.41) is 3.36. The Hall–Kier alpha value is -3.19. The molecule has 1 aromatic heterocycles. The van der Waals surface area contributed by atoms with E-state index in [-0.39, 0.29) is 24.2 Å². The monoisotopic (exact) mass is 482 g/mol. The number of halogens is 2. The fraction of sp³-hybridized carbons (Fsp3) is 0.346. The van der Waals surface area contributed by atoms with Crippen molar-refractivity contribution in [2.45, 2.75) is 52.1 Å². The van der Waals surface area contributed by atoms with Crippen molar-refractivity contribution < 1.29 is 14.0 Å². The van der Waals surface area contributed by atoms with Crippen LogP contribution in [0, 0.1) is 5.82 Å². The molecule has 0 unspecified atom stereocenters. The minimum absolute atomic E-state index is 0.174. The molecule has 0 saturated heterocycles. The minimum atomic E-state index is -0.355. The van der Waals surface area contributed by atoms with Crippen molar-refractivity contribution in [1.29, 1.82) is 0 Å². The standard InChI is InChI=1S/C26H28ClFN4O2/c1-2-3-13-32(26(34)19-9-7-10-20(27)16-19)24-23(31-14-5-4-12-22(31)30-24)25(33)29-17-18-8-6-11-21(28)15-18/h6-11,15-16H,2-5,12-14,17H2,1H3,(H,29,33). The number of aryl methyl sites for hydroxylation is 1. The molecule has 0 fully saturated rings. The molecule has 6 nitrogen and oxygen atoms in total. The number of aromatic nitrogens is 2. The first kappa shape index (κ1) is 24.0. The van der Waals surface area contributed by atoms with Crippen LogP contribution in [0.2, 0.25) is 5.02 Å². The highest BCUT2D eigenvalue weighted by molar-refractivity contribution is 6.31. The number of nitrogens with zero attached hydrogens (tertiary/aromatic N) is 3. The first-order valence-electron chi connectivity index (χ1n) is 11.7.